The van der Waals surface area contributed by atoms with Crippen LogP contribution in [-0.4, -0.2) is 32.5 Å². The van der Waals surface area contributed by atoms with Gasteiger partial charge in [-0.1, -0.05) is 11.6 Å². The number of sulfonamides is 1. The van der Waals surface area contributed by atoms with Crippen LogP contribution in [0.25, 0.3) is 0 Å². The minimum Gasteiger partial charge on any atom is -0.353 e. The lowest BCUT2D eigenvalue weighted by atomic mass is 10.1. The van der Waals surface area contributed by atoms with Crippen LogP contribution in [-0.2, 0) is 14.8 Å². The predicted octanol–water partition coefficient (Wildman–Crippen LogP) is 1.28. The number of hydrogen-bond acceptors (Lipinski definition) is 4. The smallest absolute Gasteiger partial charge is 0.241 e. The average Bonchev–Trinajstić information content (AvgIpc) is 2.35. The highest BCUT2D eigenvalue weighted by Crippen LogP contribution is 2.14. The van der Waals surface area contributed by atoms with Crippen molar-refractivity contribution in [2.45, 2.75) is 37.2 Å². The van der Waals surface area contributed by atoms with E-state index in [0.29, 0.717) is 5.02 Å². The second-order valence-electron chi connectivity index (χ2n) is 5.50. The van der Waals surface area contributed by atoms with Crippen LogP contribution < -0.4 is 15.8 Å². The van der Waals surface area contributed by atoms with Gasteiger partial charge >= 0.3 is 0 Å². The topological polar surface area (TPSA) is 101 Å². The Bertz CT molecular complexity index is 598. The Kier molecular flexibility index (Phi) is 7.80. The molecule has 126 valence electrons. The molecule has 0 bridgehead atoms. The summed E-state index contributed by atoms with van der Waals surface area (Å²) >= 11 is 5.71. The zero-order chi connectivity index (χ0) is 16.3. The summed E-state index contributed by atoms with van der Waals surface area (Å²) in [5, 5.41) is 3.03. The highest BCUT2D eigenvalue weighted by molar-refractivity contribution is 7.89. The largest absolute Gasteiger partial charge is 0.353 e. The van der Waals surface area contributed by atoms with Gasteiger partial charge in [0.2, 0.25) is 15.9 Å². The molecule has 0 aromatic heterocycles. The fourth-order valence-electron chi connectivity index (χ4n) is 1.44. The molecule has 4 N–H and O–H groups in total. The monoisotopic (exact) mass is 369 g/mol. The van der Waals surface area contributed by atoms with Gasteiger partial charge in [0.05, 0.1) is 10.9 Å². The van der Waals surface area contributed by atoms with Gasteiger partial charge in [0.1, 0.15) is 0 Å². The van der Waals surface area contributed by atoms with Gasteiger partial charge in [-0.3, -0.25) is 4.79 Å². The number of hydrogen-bond donors (Lipinski definition) is 3. The lowest BCUT2D eigenvalue weighted by molar-refractivity contribution is -0.122. The molecular weight excluding hydrogens is 349 g/mol. The normalized spacial score (nSPS) is 13.1. The first kappa shape index (κ1) is 21.1. The van der Waals surface area contributed by atoms with Crippen LogP contribution in [0, 0.1) is 0 Å². The van der Waals surface area contributed by atoms with Crippen LogP contribution in [0.5, 0.6) is 0 Å². The fraction of sp³-hybridized carbons (Fsp3) is 0.462. The molecule has 0 aliphatic heterocycles. The van der Waals surface area contributed by atoms with Crippen molar-refractivity contribution in [1.29, 1.82) is 0 Å². The van der Waals surface area contributed by atoms with Crippen molar-refractivity contribution in [1.82, 2.24) is 10.0 Å². The number of benzene rings is 1. The first-order chi connectivity index (χ1) is 9.51. The number of rotatable bonds is 6. The molecule has 0 saturated carbocycles. The Morgan fingerprint density at radius 1 is 1.32 bits per heavy atom. The maximum absolute atomic E-state index is 12.1. The van der Waals surface area contributed by atoms with E-state index in [1.165, 1.54) is 31.2 Å². The van der Waals surface area contributed by atoms with Gasteiger partial charge < -0.3 is 11.1 Å². The highest BCUT2D eigenvalue weighted by atomic mass is 35.5. The van der Waals surface area contributed by atoms with Crippen molar-refractivity contribution in [3.05, 3.63) is 29.3 Å². The number of nitrogens with two attached hydrogens (primary N) is 1. The summed E-state index contributed by atoms with van der Waals surface area (Å²) in [6.07, 6.45) is 0. The van der Waals surface area contributed by atoms with Crippen LogP contribution in [0.3, 0.4) is 0 Å². The van der Waals surface area contributed by atoms with Crippen LogP contribution in [0.2, 0.25) is 5.02 Å². The molecule has 0 radical (unpaired) electrons. The third kappa shape index (κ3) is 6.93. The number of nitrogens with one attached hydrogen (secondary N) is 2. The molecule has 1 amide bonds. The Balaban J connectivity index is 0.00000441. The predicted molar refractivity (Wildman–Crippen MR) is 89.8 cm³/mol. The first-order valence-corrected chi connectivity index (χ1v) is 8.22. The molecular formula is C13H21Cl2N3O3S. The molecule has 0 fully saturated rings. The lowest BCUT2D eigenvalue weighted by Crippen LogP contribution is -2.50. The van der Waals surface area contributed by atoms with E-state index in [9.17, 15) is 13.2 Å². The van der Waals surface area contributed by atoms with E-state index in [2.05, 4.69) is 10.0 Å². The quantitative estimate of drug-likeness (QED) is 0.702. The van der Waals surface area contributed by atoms with Crippen molar-refractivity contribution in [2.75, 3.05) is 6.54 Å². The first-order valence-electron chi connectivity index (χ1n) is 6.36. The number of carbonyl (C=O) groups is 1. The third-order valence-corrected chi connectivity index (χ3v) is 4.38. The molecule has 0 saturated heterocycles. The second-order valence-corrected chi connectivity index (χ2v) is 7.65. The summed E-state index contributed by atoms with van der Waals surface area (Å²) in [5.41, 5.74) is 5.19. The SMILES string of the molecule is CC(NS(=O)(=O)c1ccc(Cl)cc1)C(=O)NCC(C)(C)N.Cl. The van der Waals surface area contributed by atoms with E-state index in [1.54, 1.807) is 13.8 Å². The van der Waals surface area contributed by atoms with Gasteiger partial charge in [-0.05, 0) is 45.0 Å². The third-order valence-electron chi connectivity index (χ3n) is 2.57. The summed E-state index contributed by atoms with van der Waals surface area (Å²) in [6, 6.07) is 4.78. The van der Waals surface area contributed by atoms with Crippen molar-refractivity contribution in [2.24, 2.45) is 5.73 Å². The van der Waals surface area contributed by atoms with E-state index in [-0.39, 0.29) is 23.8 Å². The van der Waals surface area contributed by atoms with E-state index in [0.717, 1.165) is 0 Å². The molecule has 9 heteroatoms. The maximum atomic E-state index is 12.1. The maximum Gasteiger partial charge on any atom is 0.241 e. The van der Waals surface area contributed by atoms with Crippen molar-refractivity contribution in [3.63, 3.8) is 0 Å². The van der Waals surface area contributed by atoms with Crippen LogP contribution in [0.1, 0.15) is 20.8 Å². The standard InChI is InChI=1S/C13H20ClN3O3S.ClH/c1-9(12(18)16-8-13(2,3)15)17-21(19,20)11-6-4-10(14)5-7-11;/h4-7,9,17H,8,15H2,1-3H3,(H,16,18);1H. The summed E-state index contributed by atoms with van der Waals surface area (Å²) in [5.74, 6) is -0.439. The van der Waals surface area contributed by atoms with Crippen molar-refractivity contribution < 1.29 is 13.2 Å². The average molecular weight is 370 g/mol. The molecule has 1 rings (SSSR count). The van der Waals surface area contributed by atoms with E-state index >= 15 is 0 Å². The zero-order valence-electron chi connectivity index (χ0n) is 12.6. The lowest BCUT2D eigenvalue weighted by Gasteiger charge is -2.21. The summed E-state index contributed by atoms with van der Waals surface area (Å²) < 4.78 is 26.5. The molecule has 1 atom stereocenters. The Morgan fingerprint density at radius 2 is 1.82 bits per heavy atom. The Labute approximate surface area is 142 Å². The van der Waals surface area contributed by atoms with E-state index < -0.39 is 27.5 Å². The summed E-state index contributed by atoms with van der Waals surface area (Å²) in [4.78, 5) is 11.9. The summed E-state index contributed by atoms with van der Waals surface area (Å²) in [6.45, 7) is 5.23. The molecule has 6 nitrogen and oxygen atoms in total. The molecule has 0 aliphatic rings. The summed E-state index contributed by atoms with van der Waals surface area (Å²) in [7, 11) is -3.78. The van der Waals surface area contributed by atoms with Crippen molar-refractivity contribution in [3.8, 4) is 0 Å². The molecule has 0 spiro atoms. The number of carbonyl (C=O) groups excluding carboxylic acids is 1. The van der Waals surface area contributed by atoms with Gasteiger partial charge in [-0.15, -0.1) is 12.4 Å². The van der Waals surface area contributed by atoms with Crippen molar-refractivity contribution >= 4 is 39.9 Å². The van der Waals surface area contributed by atoms with Gasteiger partial charge in [0.25, 0.3) is 0 Å². The Hall–Kier alpha value is -0.860. The zero-order valence-corrected chi connectivity index (χ0v) is 15.0. The fourth-order valence-corrected chi connectivity index (χ4v) is 2.77. The van der Waals surface area contributed by atoms with Crippen LogP contribution in [0.15, 0.2) is 29.2 Å². The molecule has 22 heavy (non-hydrogen) atoms. The highest BCUT2D eigenvalue weighted by Gasteiger charge is 2.23. The molecule has 1 aromatic carbocycles. The van der Waals surface area contributed by atoms with Crippen LogP contribution >= 0.6 is 24.0 Å². The molecule has 1 unspecified atom stereocenters. The van der Waals surface area contributed by atoms with E-state index in [4.69, 9.17) is 17.3 Å². The van der Waals surface area contributed by atoms with Gasteiger partial charge in [-0.2, -0.15) is 4.72 Å². The van der Waals surface area contributed by atoms with Gasteiger partial charge in [0.15, 0.2) is 0 Å². The van der Waals surface area contributed by atoms with Gasteiger partial charge in [0, 0.05) is 17.1 Å². The molecule has 1 aromatic rings. The molecule has 0 heterocycles. The number of amides is 1. The molecule has 0 aliphatic carbocycles. The van der Waals surface area contributed by atoms with Crippen LogP contribution in [0.4, 0.5) is 0 Å². The Morgan fingerprint density at radius 3 is 2.27 bits per heavy atom. The minimum atomic E-state index is -3.78. The minimum absolute atomic E-state index is 0. The van der Waals surface area contributed by atoms with E-state index in [1.807, 2.05) is 0 Å². The second kappa shape index (κ2) is 8.12. The van der Waals surface area contributed by atoms with Gasteiger partial charge in [-0.25, -0.2) is 8.42 Å². The number of halogens is 2.